The van der Waals surface area contributed by atoms with E-state index in [1.807, 2.05) is 12.1 Å². The third-order valence-corrected chi connectivity index (χ3v) is 4.49. The lowest BCUT2D eigenvalue weighted by molar-refractivity contribution is -0.0991. The van der Waals surface area contributed by atoms with Gasteiger partial charge in [-0.25, -0.2) is 9.97 Å². The molecule has 2 aliphatic rings. The summed E-state index contributed by atoms with van der Waals surface area (Å²) in [7, 11) is 1.97. The van der Waals surface area contributed by atoms with Crippen molar-refractivity contribution in [2.75, 3.05) is 12.8 Å². The second kappa shape index (κ2) is 4.71. The van der Waals surface area contributed by atoms with E-state index in [0.29, 0.717) is 17.8 Å². The van der Waals surface area contributed by atoms with E-state index in [1.54, 1.807) is 0 Å². The third-order valence-electron chi connectivity index (χ3n) is 4.49. The van der Waals surface area contributed by atoms with Crippen molar-refractivity contribution in [3.8, 4) is 0 Å². The van der Waals surface area contributed by atoms with Gasteiger partial charge in [-0.05, 0) is 32.8 Å². The fourth-order valence-electron chi connectivity index (χ4n) is 3.13. The summed E-state index contributed by atoms with van der Waals surface area (Å²) in [5.74, 6) is 2.22. The van der Waals surface area contributed by atoms with Gasteiger partial charge in [0.05, 0.1) is 11.4 Å². The molecule has 1 unspecified atom stereocenters. The van der Waals surface area contributed by atoms with Gasteiger partial charge in [-0.15, -0.1) is 5.06 Å². The molecule has 6 heteroatoms. The summed E-state index contributed by atoms with van der Waals surface area (Å²) in [6.45, 7) is 4.28. The van der Waals surface area contributed by atoms with Crippen molar-refractivity contribution in [2.45, 2.75) is 38.8 Å². The van der Waals surface area contributed by atoms with Crippen LogP contribution >= 0.6 is 0 Å². The van der Waals surface area contributed by atoms with Crippen LogP contribution in [0.4, 0.5) is 5.82 Å². The number of nitrogens with two attached hydrogens (primary N) is 1. The maximum absolute atomic E-state index is 6.15. The first kappa shape index (κ1) is 13.6. The number of hydrogen-bond donors (Lipinski definition) is 1. The predicted octanol–water partition coefficient (Wildman–Crippen LogP) is 2.81. The van der Waals surface area contributed by atoms with Crippen LogP contribution in [-0.2, 0) is 4.84 Å². The molecule has 1 atom stereocenters. The zero-order chi connectivity index (χ0) is 15.4. The van der Waals surface area contributed by atoms with E-state index in [9.17, 15) is 0 Å². The van der Waals surface area contributed by atoms with Crippen LogP contribution < -0.4 is 5.73 Å². The van der Waals surface area contributed by atoms with Gasteiger partial charge in [0, 0.05) is 30.8 Å². The summed E-state index contributed by atoms with van der Waals surface area (Å²) in [4.78, 5) is 14.5. The molecule has 3 heterocycles. The number of hydroxylamine groups is 2. The molecule has 2 aromatic heterocycles. The Balaban J connectivity index is 1.88. The van der Waals surface area contributed by atoms with E-state index in [1.165, 1.54) is 19.2 Å². The van der Waals surface area contributed by atoms with Gasteiger partial charge in [0.2, 0.25) is 0 Å². The van der Waals surface area contributed by atoms with Crippen LogP contribution in [0.1, 0.15) is 44.3 Å². The SMILES string of the molecule is CC(C)n1cc(C2C=C(C3CC3)ON2C)c2c(N)ncnc21. The molecule has 0 amide bonds. The molecule has 1 aliphatic carbocycles. The van der Waals surface area contributed by atoms with Gasteiger partial charge in [0.25, 0.3) is 0 Å². The van der Waals surface area contributed by atoms with Crippen molar-refractivity contribution in [3.05, 3.63) is 29.9 Å². The normalized spacial score (nSPS) is 22.4. The molecule has 2 aromatic rings. The number of anilines is 1. The standard InChI is InChI=1S/C16H21N5O/c1-9(2)21-7-11(14-15(17)18-8-19-16(14)21)12-6-13(10-4-5-10)22-20(12)3/h6-10,12H,4-5H2,1-3H3,(H2,17,18,19). The smallest absolute Gasteiger partial charge is 0.146 e. The molecule has 0 aromatic carbocycles. The van der Waals surface area contributed by atoms with E-state index < -0.39 is 0 Å². The van der Waals surface area contributed by atoms with Crippen LogP contribution in [0.5, 0.6) is 0 Å². The average Bonchev–Trinajstić information content (AvgIpc) is 3.14. The molecule has 2 N–H and O–H groups in total. The number of likely N-dealkylation sites (N-methyl/N-ethyl adjacent to an activating group) is 1. The second-order valence-electron chi connectivity index (χ2n) is 6.47. The Morgan fingerprint density at radius 3 is 2.77 bits per heavy atom. The molecule has 0 saturated heterocycles. The molecule has 116 valence electrons. The minimum absolute atomic E-state index is 0.0615. The fourth-order valence-corrected chi connectivity index (χ4v) is 3.13. The number of hydrogen-bond acceptors (Lipinski definition) is 5. The Hall–Kier alpha value is -2.08. The van der Waals surface area contributed by atoms with Crippen molar-refractivity contribution in [2.24, 2.45) is 5.92 Å². The van der Waals surface area contributed by atoms with Crippen LogP contribution in [0.25, 0.3) is 11.0 Å². The van der Waals surface area contributed by atoms with Crippen molar-refractivity contribution in [1.82, 2.24) is 19.6 Å². The Kier molecular flexibility index (Phi) is 2.91. The summed E-state index contributed by atoms with van der Waals surface area (Å²) in [6.07, 6.45) is 8.33. The molecule has 1 fully saturated rings. The largest absolute Gasteiger partial charge is 0.410 e. The number of fused-ring (bicyclic) bond motifs is 1. The Morgan fingerprint density at radius 2 is 2.09 bits per heavy atom. The van der Waals surface area contributed by atoms with Gasteiger partial charge < -0.3 is 15.1 Å². The van der Waals surface area contributed by atoms with Gasteiger partial charge in [-0.2, -0.15) is 0 Å². The van der Waals surface area contributed by atoms with E-state index in [-0.39, 0.29) is 6.04 Å². The summed E-state index contributed by atoms with van der Waals surface area (Å²) in [5.41, 5.74) is 8.15. The summed E-state index contributed by atoms with van der Waals surface area (Å²) >= 11 is 0. The lowest BCUT2D eigenvalue weighted by Gasteiger charge is -2.18. The van der Waals surface area contributed by atoms with Crippen LogP contribution in [0.3, 0.4) is 0 Å². The maximum atomic E-state index is 6.15. The molecule has 6 nitrogen and oxygen atoms in total. The fraction of sp³-hybridized carbons (Fsp3) is 0.500. The van der Waals surface area contributed by atoms with Gasteiger partial charge in [-0.1, -0.05) is 0 Å². The van der Waals surface area contributed by atoms with Crippen molar-refractivity contribution in [3.63, 3.8) is 0 Å². The average molecular weight is 299 g/mol. The van der Waals surface area contributed by atoms with Crippen LogP contribution in [-0.4, -0.2) is 26.6 Å². The first-order valence-electron chi connectivity index (χ1n) is 7.79. The number of rotatable bonds is 3. The minimum Gasteiger partial charge on any atom is -0.410 e. The Labute approximate surface area is 129 Å². The van der Waals surface area contributed by atoms with Crippen molar-refractivity contribution >= 4 is 16.9 Å². The zero-order valence-electron chi connectivity index (χ0n) is 13.2. The third kappa shape index (κ3) is 1.98. The molecule has 0 bridgehead atoms. The number of nitrogens with zero attached hydrogens (tertiary/aromatic N) is 4. The van der Waals surface area contributed by atoms with Crippen molar-refractivity contribution in [1.29, 1.82) is 0 Å². The van der Waals surface area contributed by atoms with Gasteiger partial charge >= 0.3 is 0 Å². The number of nitrogen functional groups attached to an aromatic ring is 1. The number of allylic oxidation sites excluding steroid dienone is 1. The molecular weight excluding hydrogens is 278 g/mol. The summed E-state index contributed by atoms with van der Waals surface area (Å²) in [6, 6.07) is 0.372. The zero-order valence-corrected chi connectivity index (χ0v) is 13.2. The topological polar surface area (TPSA) is 69.2 Å². The van der Waals surface area contributed by atoms with Crippen LogP contribution in [0.2, 0.25) is 0 Å². The molecule has 0 radical (unpaired) electrons. The van der Waals surface area contributed by atoms with E-state index in [0.717, 1.165) is 22.4 Å². The Bertz CT molecular complexity index is 759. The molecule has 1 saturated carbocycles. The molecular formula is C16H21N5O. The molecule has 0 spiro atoms. The quantitative estimate of drug-likeness (QED) is 0.943. The highest BCUT2D eigenvalue weighted by Crippen LogP contribution is 2.45. The van der Waals surface area contributed by atoms with E-state index in [4.69, 9.17) is 10.6 Å². The monoisotopic (exact) mass is 299 g/mol. The highest BCUT2D eigenvalue weighted by atomic mass is 16.7. The Morgan fingerprint density at radius 1 is 1.32 bits per heavy atom. The molecule has 4 rings (SSSR count). The highest BCUT2D eigenvalue weighted by molar-refractivity contribution is 5.90. The maximum Gasteiger partial charge on any atom is 0.146 e. The molecule has 22 heavy (non-hydrogen) atoms. The van der Waals surface area contributed by atoms with E-state index >= 15 is 0 Å². The van der Waals surface area contributed by atoms with Crippen LogP contribution in [0.15, 0.2) is 24.4 Å². The van der Waals surface area contributed by atoms with Crippen LogP contribution in [0, 0.1) is 5.92 Å². The second-order valence-corrected chi connectivity index (χ2v) is 6.47. The predicted molar refractivity (Wildman–Crippen MR) is 84.7 cm³/mol. The lowest BCUT2D eigenvalue weighted by atomic mass is 10.1. The first-order chi connectivity index (χ1) is 10.6. The summed E-state index contributed by atoms with van der Waals surface area (Å²) < 4.78 is 2.15. The minimum atomic E-state index is 0.0615. The van der Waals surface area contributed by atoms with Gasteiger partial charge in [0.1, 0.15) is 23.6 Å². The van der Waals surface area contributed by atoms with Crippen molar-refractivity contribution < 1.29 is 4.84 Å². The van der Waals surface area contributed by atoms with Gasteiger partial charge in [0.15, 0.2) is 0 Å². The lowest BCUT2D eigenvalue weighted by Crippen LogP contribution is -2.17. The first-order valence-corrected chi connectivity index (χ1v) is 7.79. The number of aromatic nitrogens is 3. The highest BCUT2D eigenvalue weighted by Gasteiger charge is 2.36. The molecule has 1 aliphatic heterocycles. The van der Waals surface area contributed by atoms with E-state index in [2.05, 4.69) is 40.7 Å². The summed E-state index contributed by atoms with van der Waals surface area (Å²) in [5, 5.41) is 2.84. The van der Waals surface area contributed by atoms with Gasteiger partial charge in [-0.3, -0.25) is 0 Å².